The number of pyridine rings is 1. The molecule has 7 rings (SSSR count). The molecular weight excluding hydrogens is 699 g/mol. The highest BCUT2D eigenvalue weighted by Gasteiger charge is 2.62. The van der Waals surface area contributed by atoms with E-state index < -0.39 is 74.1 Å². The molecule has 13 nitrogen and oxygen atoms in total. The number of rotatable bonds is 6. The Morgan fingerprint density at radius 3 is 2.58 bits per heavy atom. The minimum absolute atomic E-state index is 0.0112. The van der Waals surface area contributed by atoms with E-state index in [2.05, 4.69) is 33.0 Å². The molecule has 3 N–H and O–H groups in total. The van der Waals surface area contributed by atoms with Gasteiger partial charge < -0.3 is 25.0 Å². The van der Waals surface area contributed by atoms with Gasteiger partial charge in [0.1, 0.15) is 29.8 Å². The third-order valence-electron chi connectivity index (χ3n) is 11.4. The molecule has 4 bridgehead atoms. The van der Waals surface area contributed by atoms with Crippen LogP contribution in [0.4, 0.5) is 4.79 Å². The van der Waals surface area contributed by atoms with E-state index in [4.69, 9.17) is 9.47 Å². The first-order valence-corrected chi connectivity index (χ1v) is 20.2. The number of nitrogens with one attached hydrogen (secondary N) is 3. The van der Waals surface area contributed by atoms with Gasteiger partial charge >= 0.3 is 6.09 Å². The summed E-state index contributed by atoms with van der Waals surface area (Å²) in [5.74, 6) is -2.01. The van der Waals surface area contributed by atoms with E-state index in [1.54, 1.807) is 6.20 Å². The predicted molar refractivity (Wildman–Crippen MR) is 198 cm³/mol. The first kappa shape index (κ1) is 36.9. The Morgan fingerprint density at radius 1 is 1.09 bits per heavy atom. The summed E-state index contributed by atoms with van der Waals surface area (Å²) >= 11 is 0. The number of hydrogen-bond donors (Lipinski definition) is 3. The summed E-state index contributed by atoms with van der Waals surface area (Å²) < 4.78 is 40.1. The van der Waals surface area contributed by atoms with Crippen molar-refractivity contribution in [2.75, 3.05) is 6.54 Å². The molecule has 5 aliphatic rings. The quantitative estimate of drug-likeness (QED) is 0.363. The maximum atomic E-state index is 14.6. The molecule has 0 radical (unpaired) electrons. The zero-order chi connectivity index (χ0) is 37.7. The number of carbonyl (C=O) groups excluding carboxylic acids is 4. The minimum atomic E-state index is -3.89. The number of aromatic nitrogens is 1. The van der Waals surface area contributed by atoms with Crippen LogP contribution in [0.3, 0.4) is 0 Å². The van der Waals surface area contributed by atoms with Crippen LogP contribution in [-0.2, 0) is 29.1 Å². The normalized spacial score (nSPS) is 31.2. The van der Waals surface area contributed by atoms with Gasteiger partial charge in [0.05, 0.1) is 11.8 Å². The summed E-state index contributed by atoms with van der Waals surface area (Å²) in [4.78, 5) is 62.0. The van der Waals surface area contributed by atoms with Crippen LogP contribution in [0.25, 0.3) is 16.8 Å². The maximum absolute atomic E-state index is 14.6. The van der Waals surface area contributed by atoms with Gasteiger partial charge in [-0.15, -0.1) is 6.58 Å². The highest BCUT2D eigenvalue weighted by molar-refractivity contribution is 7.91. The molecule has 3 heterocycles. The first-order chi connectivity index (χ1) is 25.2. The van der Waals surface area contributed by atoms with Gasteiger partial charge in [-0.2, -0.15) is 0 Å². The molecule has 2 aliphatic heterocycles. The number of nitrogens with zero attached hydrogens (tertiary/aromatic N) is 2. The minimum Gasteiger partial charge on any atom is -0.472 e. The summed E-state index contributed by atoms with van der Waals surface area (Å²) in [5.41, 5.74) is -1.38. The SMILES string of the molecule is C=C[C@@H]1CC1(NC(=O)[C@@H]1C[C@@H]2CN1C(=O)[C@H](C(C)(C)C)NC(=O)O[C@@H]1CCCC[C@H]1C/C=C/c1ccc3ccnc(c3c1)O2)C(=O)NS(=O)(=O)C1CC1. The van der Waals surface area contributed by atoms with E-state index >= 15 is 0 Å². The number of amides is 4. The van der Waals surface area contributed by atoms with Crippen LogP contribution in [0.2, 0.25) is 0 Å². The van der Waals surface area contributed by atoms with E-state index in [1.807, 2.05) is 51.1 Å². The van der Waals surface area contributed by atoms with Crippen molar-refractivity contribution in [3.05, 3.63) is 54.8 Å². The zero-order valence-electron chi connectivity index (χ0n) is 30.5. The summed E-state index contributed by atoms with van der Waals surface area (Å²) in [7, 11) is -3.89. The molecule has 3 aliphatic carbocycles. The molecule has 1 aromatic heterocycles. The lowest BCUT2D eigenvalue weighted by Gasteiger charge is -2.36. The second kappa shape index (κ2) is 14.1. The Morgan fingerprint density at radius 2 is 1.87 bits per heavy atom. The number of carbonyl (C=O) groups is 4. The molecule has 1 saturated heterocycles. The largest absolute Gasteiger partial charge is 0.472 e. The van der Waals surface area contributed by atoms with Crippen LogP contribution in [0.15, 0.2) is 49.2 Å². The second-order valence-corrected chi connectivity index (χ2v) is 18.3. The van der Waals surface area contributed by atoms with E-state index in [1.165, 1.54) is 11.0 Å². The van der Waals surface area contributed by atoms with Gasteiger partial charge in [-0.1, -0.05) is 57.6 Å². The molecule has 14 heteroatoms. The van der Waals surface area contributed by atoms with Crippen molar-refractivity contribution in [2.45, 2.75) is 114 Å². The number of hydrogen-bond acceptors (Lipinski definition) is 9. The Balaban J connectivity index is 1.23. The number of alkyl carbamates (subject to hydrolysis) is 1. The van der Waals surface area contributed by atoms with Gasteiger partial charge in [0.2, 0.25) is 27.7 Å². The molecule has 7 atom stereocenters. The van der Waals surface area contributed by atoms with Crippen molar-refractivity contribution < 1.29 is 37.1 Å². The van der Waals surface area contributed by atoms with Gasteiger partial charge in [0, 0.05) is 23.9 Å². The Bertz CT molecular complexity index is 1960. The first-order valence-electron chi connectivity index (χ1n) is 18.7. The van der Waals surface area contributed by atoms with E-state index in [0.29, 0.717) is 18.7 Å². The second-order valence-electron chi connectivity index (χ2n) is 16.3. The summed E-state index contributed by atoms with van der Waals surface area (Å²) in [6, 6.07) is 5.70. The van der Waals surface area contributed by atoms with Crippen LogP contribution in [0.5, 0.6) is 5.88 Å². The molecule has 1 unspecified atom stereocenters. The lowest BCUT2D eigenvalue weighted by Crippen LogP contribution is -2.60. The van der Waals surface area contributed by atoms with Gasteiger partial charge in [-0.3, -0.25) is 19.1 Å². The smallest absolute Gasteiger partial charge is 0.408 e. The molecule has 4 amide bonds. The third kappa shape index (κ3) is 7.65. The molecule has 0 spiro atoms. The van der Waals surface area contributed by atoms with Crippen LogP contribution in [-0.4, -0.2) is 83.7 Å². The fourth-order valence-electron chi connectivity index (χ4n) is 7.99. The number of sulfonamides is 1. The summed E-state index contributed by atoms with van der Waals surface area (Å²) in [6.45, 7) is 9.25. The van der Waals surface area contributed by atoms with Crippen molar-refractivity contribution in [3.8, 4) is 5.88 Å². The fraction of sp³-hybridized carbons (Fsp3) is 0.564. The topological polar surface area (TPSA) is 173 Å². The third-order valence-corrected chi connectivity index (χ3v) is 13.2. The van der Waals surface area contributed by atoms with Gasteiger partial charge in [0.25, 0.3) is 5.91 Å². The van der Waals surface area contributed by atoms with Crippen molar-refractivity contribution >= 4 is 50.7 Å². The van der Waals surface area contributed by atoms with Crippen molar-refractivity contribution in [3.63, 3.8) is 0 Å². The summed E-state index contributed by atoms with van der Waals surface area (Å²) in [6.07, 6.45) is 11.1. The van der Waals surface area contributed by atoms with E-state index in [9.17, 15) is 27.6 Å². The molecule has 3 saturated carbocycles. The van der Waals surface area contributed by atoms with Crippen molar-refractivity contribution in [1.82, 2.24) is 25.2 Å². The van der Waals surface area contributed by atoms with E-state index in [0.717, 1.165) is 48.4 Å². The molecular formula is C39H49N5O8S. The van der Waals surface area contributed by atoms with Crippen LogP contribution >= 0.6 is 0 Å². The van der Waals surface area contributed by atoms with Gasteiger partial charge in [-0.05, 0) is 79.4 Å². The van der Waals surface area contributed by atoms with Crippen LogP contribution in [0, 0.1) is 17.3 Å². The highest BCUT2D eigenvalue weighted by atomic mass is 32.2. The number of fused-ring (bicyclic) bond motifs is 4. The monoisotopic (exact) mass is 747 g/mol. The van der Waals surface area contributed by atoms with Crippen molar-refractivity contribution in [2.24, 2.45) is 17.3 Å². The number of ether oxygens (including phenoxy) is 2. The van der Waals surface area contributed by atoms with Gasteiger partial charge in [0.15, 0.2) is 0 Å². The fourth-order valence-corrected chi connectivity index (χ4v) is 9.35. The average molecular weight is 748 g/mol. The molecule has 2 aromatic rings. The molecule has 53 heavy (non-hydrogen) atoms. The van der Waals surface area contributed by atoms with Gasteiger partial charge in [-0.25, -0.2) is 18.2 Å². The number of benzene rings is 1. The van der Waals surface area contributed by atoms with Crippen LogP contribution in [0.1, 0.15) is 84.1 Å². The molecule has 4 fully saturated rings. The Kier molecular flexibility index (Phi) is 9.79. The predicted octanol–water partition coefficient (Wildman–Crippen LogP) is 4.37. The van der Waals surface area contributed by atoms with E-state index in [-0.39, 0.29) is 31.4 Å². The Hall–Kier alpha value is -4.46. The molecule has 284 valence electrons. The number of allylic oxidation sites excluding steroid dienone is 1. The maximum Gasteiger partial charge on any atom is 0.408 e. The summed E-state index contributed by atoms with van der Waals surface area (Å²) in [5, 5.41) is 6.72. The lowest BCUT2D eigenvalue weighted by molar-refractivity contribution is -0.143. The van der Waals surface area contributed by atoms with Crippen LogP contribution < -0.4 is 20.1 Å². The van der Waals surface area contributed by atoms with Crippen molar-refractivity contribution in [1.29, 1.82) is 0 Å². The highest BCUT2D eigenvalue weighted by Crippen LogP contribution is 2.45. The molecule has 1 aromatic carbocycles. The zero-order valence-corrected chi connectivity index (χ0v) is 31.3. The standard InChI is InChI=1S/C39H49N5O8S/c1-5-26-21-39(26,36(47)43-53(49,50)28-15-16-28)42-33(45)30-20-27-22-44(30)35(46)32(38(2,3)4)41-37(48)52-31-12-7-6-10-25(31)11-8-9-23-13-14-24-17-18-40-34(51-27)29(24)19-23/h5,8-9,13-14,17-19,25-28,30-32H,1,6-7,10-12,15-16,20-22H2,2-4H3,(H,41,48)(H,42,45)(H,43,47)/b9-8+/t25-,26+,27+,30-,31+,32+,39?/m0/s1. The average Bonchev–Trinajstić information content (AvgIpc) is 4.04. The lowest BCUT2D eigenvalue weighted by atomic mass is 9.84. The Labute approximate surface area is 310 Å².